The number of rotatable bonds is 6. The predicted octanol–water partition coefficient (Wildman–Crippen LogP) is 1.54. The summed E-state index contributed by atoms with van der Waals surface area (Å²) in [6.07, 6.45) is -0.924. The first-order valence-corrected chi connectivity index (χ1v) is 6.34. The lowest BCUT2D eigenvalue weighted by Gasteiger charge is -2.49. The Morgan fingerprint density at radius 1 is 1.22 bits per heavy atom. The van der Waals surface area contributed by atoms with Gasteiger partial charge in [-0.2, -0.15) is 13.2 Å². The third-order valence-electron chi connectivity index (χ3n) is 4.08. The van der Waals surface area contributed by atoms with Crippen molar-refractivity contribution in [1.29, 1.82) is 0 Å². The van der Waals surface area contributed by atoms with Crippen molar-refractivity contribution in [3.63, 3.8) is 0 Å². The third kappa shape index (κ3) is 3.59. The molecule has 1 atom stereocenters. The highest BCUT2D eigenvalue weighted by Gasteiger charge is 2.43. The fraction of sp³-hybridized carbons (Fsp3) is 1.00. The summed E-state index contributed by atoms with van der Waals surface area (Å²) in [7, 11) is 5.74. The van der Waals surface area contributed by atoms with E-state index in [-0.39, 0.29) is 18.6 Å². The first-order chi connectivity index (χ1) is 8.21. The summed E-state index contributed by atoms with van der Waals surface area (Å²) in [6.45, 7) is 0.310. The molecule has 2 N–H and O–H groups in total. The Morgan fingerprint density at radius 2 is 1.78 bits per heavy atom. The molecule has 0 spiro atoms. The molecule has 1 unspecified atom stereocenters. The van der Waals surface area contributed by atoms with Crippen molar-refractivity contribution in [2.24, 2.45) is 11.7 Å². The van der Waals surface area contributed by atoms with Crippen LogP contribution in [-0.2, 0) is 0 Å². The van der Waals surface area contributed by atoms with Gasteiger partial charge in [-0.05, 0) is 40.4 Å². The molecule has 3 nitrogen and oxygen atoms in total. The number of hydrogen-bond acceptors (Lipinski definition) is 3. The van der Waals surface area contributed by atoms with E-state index in [1.54, 1.807) is 11.9 Å². The lowest BCUT2D eigenvalue weighted by atomic mass is 9.75. The van der Waals surface area contributed by atoms with Crippen molar-refractivity contribution in [3.05, 3.63) is 0 Å². The molecule has 0 aromatic carbocycles. The van der Waals surface area contributed by atoms with Crippen LogP contribution in [0.3, 0.4) is 0 Å². The molecule has 1 saturated carbocycles. The van der Waals surface area contributed by atoms with Crippen molar-refractivity contribution < 1.29 is 13.2 Å². The molecule has 1 rings (SSSR count). The zero-order valence-electron chi connectivity index (χ0n) is 11.4. The first-order valence-electron chi connectivity index (χ1n) is 6.34. The van der Waals surface area contributed by atoms with Gasteiger partial charge in [0.15, 0.2) is 0 Å². The van der Waals surface area contributed by atoms with Gasteiger partial charge in [-0.25, -0.2) is 0 Å². The van der Waals surface area contributed by atoms with Crippen molar-refractivity contribution in [2.75, 3.05) is 40.8 Å². The second kappa shape index (κ2) is 5.75. The van der Waals surface area contributed by atoms with Gasteiger partial charge in [0.1, 0.15) is 0 Å². The minimum atomic E-state index is -4.20. The van der Waals surface area contributed by atoms with Gasteiger partial charge >= 0.3 is 6.18 Å². The Morgan fingerprint density at radius 3 is 2.06 bits per heavy atom. The molecule has 1 aliphatic rings. The summed E-state index contributed by atoms with van der Waals surface area (Å²) in [5, 5.41) is 0. The number of nitrogens with zero attached hydrogens (tertiary/aromatic N) is 2. The SMILES string of the molecule is CN(CC(CN)C(F)(F)F)CC1(N(C)C)CCC1. The average Bonchev–Trinajstić information content (AvgIpc) is 2.17. The fourth-order valence-corrected chi connectivity index (χ4v) is 2.59. The highest BCUT2D eigenvalue weighted by atomic mass is 19.4. The van der Waals surface area contributed by atoms with E-state index in [1.807, 2.05) is 14.1 Å². The number of halogens is 3. The molecule has 1 fully saturated rings. The summed E-state index contributed by atoms with van der Waals surface area (Å²) < 4.78 is 38.0. The molecule has 0 amide bonds. The van der Waals surface area contributed by atoms with Crippen molar-refractivity contribution in [3.8, 4) is 0 Å². The Labute approximate surface area is 107 Å². The highest BCUT2D eigenvalue weighted by Crippen LogP contribution is 2.37. The van der Waals surface area contributed by atoms with Crippen LogP contribution >= 0.6 is 0 Å². The van der Waals surface area contributed by atoms with Crippen LogP contribution < -0.4 is 5.73 Å². The van der Waals surface area contributed by atoms with Crippen LogP contribution in [0.5, 0.6) is 0 Å². The maximum absolute atomic E-state index is 12.7. The summed E-state index contributed by atoms with van der Waals surface area (Å²) in [5.41, 5.74) is 5.28. The largest absolute Gasteiger partial charge is 0.394 e. The van der Waals surface area contributed by atoms with E-state index in [0.29, 0.717) is 6.54 Å². The molecule has 108 valence electrons. The van der Waals surface area contributed by atoms with Crippen molar-refractivity contribution in [2.45, 2.75) is 31.0 Å². The molecule has 0 bridgehead atoms. The van der Waals surface area contributed by atoms with Gasteiger partial charge in [0, 0.05) is 25.2 Å². The molecule has 1 aliphatic carbocycles. The van der Waals surface area contributed by atoms with Gasteiger partial charge in [0.2, 0.25) is 0 Å². The van der Waals surface area contributed by atoms with E-state index in [1.165, 1.54) is 0 Å². The molecule has 0 radical (unpaired) electrons. The molecule has 0 aromatic rings. The average molecular weight is 267 g/mol. The molecule has 0 saturated heterocycles. The van der Waals surface area contributed by atoms with Crippen molar-refractivity contribution in [1.82, 2.24) is 9.80 Å². The van der Waals surface area contributed by atoms with Crippen LogP contribution in [0, 0.1) is 5.92 Å². The normalized spacial score (nSPS) is 21.2. The van der Waals surface area contributed by atoms with E-state index < -0.39 is 12.1 Å². The highest BCUT2D eigenvalue weighted by molar-refractivity contribution is 4.98. The third-order valence-corrected chi connectivity index (χ3v) is 4.08. The van der Waals surface area contributed by atoms with E-state index in [0.717, 1.165) is 19.3 Å². The molecule has 0 aromatic heterocycles. The van der Waals surface area contributed by atoms with Crippen LogP contribution in [0.25, 0.3) is 0 Å². The van der Waals surface area contributed by atoms with Crippen molar-refractivity contribution >= 4 is 0 Å². The lowest BCUT2D eigenvalue weighted by molar-refractivity contribution is -0.176. The van der Waals surface area contributed by atoms with Crippen LogP contribution in [-0.4, -0.2) is 62.3 Å². The number of likely N-dealkylation sites (N-methyl/N-ethyl adjacent to an activating group) is 2. The first kappa shape index (κ1) is 15.7. The predicted molar refractivity (Wildman–Crippen MR) is 66.4 cm³/mol. The van der Waals surface area contributed by atoms with Crippen LogP contribution in [0.1, 0.15) is 19.3 Å². The second-order valence-corrected chi connectivity index (χ2v) is 5.64. The summed E-state index contributed by atoms with van der Waals surface area (Å²) >= 11 is 0. The van der Waals surface area contributed by atoms with Crippen LogP contribution in [0.15, 0.2) is 0 Å². The maximum Gasteiger partial charge on any atom is 0.394 e. The quantitative estimate of drug-likeness (QED) is 0.792. The summed E-state index contributed by atoms with van der Waals surface area (Å²) in [5.74, 6) is -1.43. The zero-order valence-corrected chi connectivity index (χ0v) is 11.4. The van der Waals surface area contributed by atoms with E-state index >= 15 is 0 Å². The van der Waals surface area contributed by atoms with Crippen LogP contribution in [0.2, 0.25) is 0 Å². The molecule has 0 heterocycles. The molecule has 18 heavy (non-hydrogen) atoms. The Balaban J connectivity index is 2.52. The summed E-state index contributed by atoms with van der Waals surface area (Å²) in [6, 6.07) is 0. The number of hydrogen-bond donors (Lipinski definition) is 1. The molecule has 6 heteroatoms. The Bertz CT molecular complexity index is 262. The minimum absolute atomic E-state index is 0.0183. The number of alkyl halides is 3. The van der Waals surface area contributed by atoms with Gasteiger partial charge in [-0.1, -0.05) is 0 Å². The van der Waals surface area contributed by atoms with Gasteiger partial charge in [0.05, 0.1) is 5.92 Å². The standard InChI is InChI=1S/C12H24F3N3/c1-17(2)11(5-4-6-11)9-18(3)8-10(7-16)12(13,14)15/h10H,4-9,16H2,1-3H3. The Kier molecular flexibility index (Phi) is 5.03. The zero-order chi connectivity index (χ0) is 14.0. The minimum Gasteiger partial charge on any atom is -0.330 e. The second-order valence-electron chi connectivity index (χ2n) is 5.64. The fourth-order valence-electron chi connectivity index (χ4n) is 2.59. The summed E-state index contributed by atoms with van der Waals surface area (Å²) in [4.78, 5) is 3.90. The van der Waals surface area contributed by atoms with Crippen LogP contribution in [0.4, 0.5) is 13.2 Å². The van der Waals surface area contributed by atoms with Gasteiger partial charge in [-0.3, -0.25) is 0 Å². The smallest absolute Gasteiger partial charge is 0.330 e. The van der Waals surface area contributed by atoms with Gasteiger partial charge in [-0.15, -0.1) is 0 Å². The molecule has 0 aliphatic heterocycles. The monoisotopic (exact) mass is 267 g/mol. The molecular formula is C12H24F3N3. The van der Waals surface area contributed by atoms with E-state index in [4.69, 9.17) is 5.73 Å². The van der Waals surface area contributed by atoms with E-state index in [2.05, 4.69) is 4.90 Å². The lowest BCUT2D eigenvalue weighted by Crippen LogP contribution is -2.57. The van der Waals surface area contributed by atoms with E-state index in [9.17, 15) is 13.2 Å². The molecular weight excluding hydrogens is 243 g/mol. The number of nitrogens with two attached hydrogens (primary N) is 1. The maximum atomic E-state index is 12.7. The Hall–Kier alpha value is -0.330. The topological polar surface area (TPSA) is 32.5 Å². The van der Waals surface area contributed by atoms with Gasteiger partial charge < -0.3 is 15.5 Å². The van der Waals surface area contributed by atoms with Gasteiger partial charge in [0.25, 0.3) is 0 Å².